The Morgan fingerprint density at radius 2 is 2.03 bits per heavy atom. The fourth-order valence-electron chi connectivity index (χ4n) is 3.19. The molecule has 2 aliphatic rings. The van der Waals surface area contributed by atoms with Crippen LogP contribution in [0.4, 0.5) is 4.39 Å². The monoisotopic (exact) mass is 423 g/mol. The molecule has 3 heterocycles. The van der Waals surface area contributed by atoms with Crippen molar-refractivity contribution in [2.24, 2.45) is 4.99 Å². The van der Waals surface area contributed by atoms with Gasteiger partial charge >= 0.3 is 0 Å². The number of aromatic nitrogens is 5. The minimum Gasteiger partial charge on any atom is -0.260 e. The maximum Gasteiger partial charge on any atom is 0.196 e. The summed E-state index contributed by atoms with van der Waals surface area (Å²) < 4.78 is 13.8. The van der Waals surface area contributed by atoms with Crippen molar-refractivity contribution in [2.45, 2.75) is 35.8 Å². The highest BCUT2D eigenvalue weighted by Gasteiger charge is 2.49. The van der Waals surface area contributed by atoms with Gasteiger partial charge in [-0.1, -0.05) is 23.9 Å². The van der Waals surface area contributed by atoms with Gasteiger partial charge in [0.25, 0.3) is 0 Å². The van der Waals surface area contributed by atoms with E-state index in [1.807, 2.05) is 12.1 Å². The molecule has 2 aromatic heterocycles. The molecule has 1 saturated carbocycles. The summed E-state index contributed by atoms with van der Waals surface area (Å²) in [4.78, 5) is 6.43. The second kappa shape index (κ2) is 7.24. The largest absolute Gasteiger partial charge is 0.260 e. The van der Waals surface area contributed by atoms with Crippen molar-refractivity contribution in [2.75, 3.05) is 0 Å². The standard InChI is InChI=1S/C19H14FN7S2/c20-9-12-1-2-13(14(7-12)10-21)11-28-18-24-19(3-4-19)15-8-16(25-26-17(15)29-18)27-22-5-6-23-27/h1-2,5-8H,3-4,9,11H2. The number of rotatable bonds is 4. The molecule has 7 nitrogen and oxygen atoms in total. The molecule has 10 heteroatoms. The third-order valence-corrected chi connectivity index (χ3v) is 7.04. The summed E-state index contributed by atoms with van der Waals surface area (Å²) in [6, 6.07) is 9.28. The van der Waals surface area contributed by atoms with Gasteiger partial charge in [-0.3, -0.25) is 4.99 Å². The van der Waals surface area contributed by atoms with E-state index in [4.69, 9.17) is 4.99 Å². The zero-order valence-electron chi connectivity index (χ0n) is 15.1. The molecule has 1 aliphatic carbocycles. The predicted octanol–water partition coefficient (Wildman–Crippen LogP) is 3.78. The SMILES string of the molecule is N#Cc1cc(CF)ccc1CSC1=NC2(CC2)c2cc(-n3nccn3)nnc2S1. The van der Waals surface area contributed by atoms with Gasteiger partial charge in [0.05, 0.1) is 29.6 Å². The van der Waals surface area contributed by atoms with Crippen LogP contribution in [-0.2, 0) is 18.0 Å². The van der Waals surface area contributed by atoms with Crippen LogP contribution in [0.3, 0.4) is 0 Å². The molecular weight excluding hydrogens is 409 g/mol. The van der Waals surface area contributed by atoms with Crippen LogP contribution in [0.5, 0.6) is 0 Å². The summed E-state index contributed by atoms with van der Waals surface area (Å²) in [5, 5.41) is 27.1. The Kier molecular flexibility index (Phi) is 4.56. The Morgan fingerprint density at radius 1 is 1.21 bits per heavy atom. The number of nitrogens with zero attached hydrogens (tertiary/aromatic N) is 7. The van der Waals surface area contributed by atoms with E-state index in [0.29, 0.717) is 22.7 Å². The first kappa shape index (κ1) is 18.3. The van der Waals surface area contributed by atoms with E-state index in [2.05, 4.69) is 26.5 Å². The molecule has 1 spiro atoms. The summed E-state index contributed by atoms with van der Waals surface area (Å²) in [6.07, 6.45) is 5.14. The molecule has 0 unspecified atom stereocenters. The first-order valence-corrected chi connectivity index (χ1v) is 10.7. The Hall–Kier alpha value is -2.77. The smallest absolute Gasteiger partial charge is 0.196 e. The quantitative estimate of drug-likeness (QED) is 0.630. The molecule has 3 aromatic rings. The van der Waals surface area contributed by atoms with Crippen LogP contribution < -0.4 is 0 Å². The number of hydrogen-bond acceptors (Lipinski definition) is 8. The first-order valence-electron chi connectivity index (χ1n) is 8.94. The summed E-state index contributed by atoms with van der Waals surface area (Å²) in [5.41, 5.74) is 2.73. The van der Waals surface area contributed by atoms with E-state index in [1.54, 1.807) is 36.3 Å². The second-order valence-electron chi connectivity index (χ2n) is 6.78. The number of fused-ring (bicyclic) bond motifs is 2. The molecule has 0 radical (unpaired) electrons. The van der Waals surface area contributed by atoms with E-state index in [0.717, 1.165) is 33.4 Å². The Balaban J connectivity index is 1.38. The summed E-state index contributed by atoms with van der Waals surface area (Å²) >= 11 is 3.06. The average molecular weight is 424 g/mol. The molecule has 1 aliphatic heterocycles. The normalized spacial score (nSPS) is 16.2. The third-order valence-electron chi connectivity index (χ3n) is 4.89. The molecule has 5 rings (SSSR count). The molecule has 0 saturated heterocycles. The third kappa shape index (κ3) is 3.41. The van der Waals surface area contributed by atoms with Gasteiger partial charge in [0, 0.05) is 11.3 Å². The van der Waals surface area contributed by atoms with Crippen LogP contribution >= 0.6 is 23.5 Å². The molecule has 0 bridgehead atoms. The lowest BCUT2D eigenvalue weighted by atomic mass is 10.1. The first-order chi connectivity index (χ1) is 14.2. The number of benzene rings is 1. The number of aliphatic imine (C=N–C) groups is 1. The summed E-state index contributed by atoms with van der Waals surface area (Å²) in [6.45, 7) is -0.571. The maximum atomic E-state index is 12.8. The Bertz CT molecular complexity index is 1150. The summed E-state index contributed by atoms with van der Waals surface area (Å²) in [7, 11) is 0. The van der Waals surface area contributed by atoms with Crippen molar-refractivity contribution in [3.05, 3.63) is 58.9 Å². The van der Waals surface area contributed by atoms with E-state index < -0.39 is 6.67 Å². The fraction of sp³-hybridized carbons (Fsp3) is 0.263. The molecule has 1 aromatic carbocycles. The van der Waals surface area contributed by atoms with Gasteiger partial charge in [-0.25, -0.2) is 4.39 Å². The lowest BCUT2D eigenvalue weighted by molar-refractivity contribution is 0.485. The van der Waals surface area contributed by atoms with Crippen molar-refractivity contribution < 1.29 is 4.39 Å². The van der Waals surface area contributed by atoms with Crippen LogP contribution in [0, 0.1) is 11.3 Å². The Morgan fingerprint density at radius 3 is 2.76 bits per heavy atom. The Labute approximate surface area is 174 Å². The van der Waals surface area contributed by atoms with E-state index >= 15 is 0 Å². The maximum absolute atomic E-state index is 12.8. The van der Waals surface area contributed by atoms with Crippen LogP contribution in [0.2, 0.25) is 0 Å². The highest BCUT2D eigenvalue weighted by molar-refractivity contribution is 8.38. The minimum absolute atomic E-state index is 0.239. The average Bonchev–Trinajstić information content (AvgIpc) is 3.30. The number of thioether (sulfide) groups is 2. The van der Waals surface area contributed by atoms with Gasteiger partial charge in [0.15, 0.2) is 5.82 Å². The van der Waals surface area contributed by atoms with Gasteiger partial charge in [0.1, 0.15) is 16.1 Å². The summed E-state index contributed by atoms with van der Waals surface area (Å²) in [5.74, 6) is 1.17. The lowest BCUT2D eigenvalue weighted by Gasteiger charge is -2.21. The molecule has 0 atom stereocenters. The highest BCUT2D eigenvalue weighted by atomic mass is 32.2. The number of hydrogen-bond donors (Lipinski definition) is 0. The van der Waals surface area contributed by atoms with Crippen molar-refractivity contribution in [3.63, 3.8) is 0 Å². The van der Waals surface area contributed by atoms with Crippen molar-refractivity contribution >= 4 is 27.9 Å². The number of halogens is 1. The fourth-order valence-corrected chi connectivity index (χ4v) is 5.43. The van der Waals surface area contributed by atoms with Crippen molar-refractivity contribution in [1.29, 1.82) is 5.26 Å². The van der Waals surface area contributed by atoms with Crippen LogP contribution in [0.25, 0.3) is 5.82 Å². The molecule has 0 amide bonds. The molecule has 0 N–H and O–H groups in total. The van der Waals surface area contributed by atoms with Crippen molar-refractivity contribution in [3.8, 4) is 11.9 Å². The molecule has 29 heavy (non-hydrogen) atoms. The van der Waals surface area contributed by atoms with E-state index in [1.165, 1.54) is 16.6 Å². The zero-order valence-corrected chi connectivity index (χ0v) is 16.8. The van der Waals surface area contributed by atoms with E-state index in [9.17, 15) is 9.65 Å². The number of alkyl halides is 1. The topological polar surface area (TPSA) is 92.6 Å². The van der Waals surface area contributed by atoms with Gasteiger partial charge < -0.3 is 0 Å². The number of nitriles is 1. The van der Waals surface area contributed by atoms with Crippen LogP contribution in [0.15, 0.2) is 46.7 Å². The van der Waals surface area contributed by atoms with Gasteiger partial charge in [-0.05, 0) is 47.9 Å². The van der Waals surface area contributed by atoms with Crippen LogP contribution in [0.1, 0.15) is 35.1 Å². The molecule has 1 fully saturated rings. The van der Waals surface area contributed by atoms with Gasteiger partial charge in [0.2, 0.25) is 0 Å². The van der Waals surface area contributed by atoms with Gasteiger partial charge in [-0.15, -0.1) is 15.0 Å². The van der Waals surface area contributed by atoms with Crippen molar-refractivity contribution in [1.82, 2.24) is 25.2 Å². The minimum atomic E-state index is -0.571. The van der Waals surface area contributed by atoms with E-state index in [-0.39, 0.29) is 5.54 Å². The second-order valence-corrected chi connectivity index (χ2v) is 8.98. The molecule has 144 valence electrons. The highest BCUT2D eigenvalue weighted by Crippen LogP contribution is 2.56. The molecular formula is C19H14FN7S2. The zero-order chi connectivity index (χ0) is 19.8. The lowest BCUT2D eigenvalue weighted by Crippen LogP contribution is -2.16. The predicted molar refractivity (Wildman–Crippen MR) is 108 cm³/mol. The van der Waals surface area contributed by atoms with Crippen LogP contribution in [-0.4, -0.2) is 29.6 Å². The van der Waals surface area contributed by atoms with Gasteiger partial charge in [-0.2, -0.15) is 15.5 Å².